The Bertz CT molecular complexity index is 1270. The third-order valence-corrected chi connectivity index (χ3v) is 12.8. The van der Waals surface area contributed by atoms with E-state index in [9.17, 15) is 37.9 Å². The lowest BCUT2D eigenvalue weighted by Gasteiger charge is -2.40. The number of hydrogen-bond donors (Lipinski definition) is 4. The maximum Gasteiger partial charge on any atom is 0.306 e. The Labute approximate surface area is 389 Å². The lowest BCUT2D eigenvalue weighted by atomic mass is 10.00. The molecule has 0 bridgehead atoms. The smallest absolute Gasteiger partial charge is 0.306 e. The molecule has 1 fully saturated rings. The van der Waals surface area contributed by atoms with E-state index in [0.717, 1.165) is 64.2 Å². The molecule has 0 aromatic rings. The first-order valence-corrected chi connectivity index (χ1v) is 27.5. The molecule has 64 heavy (non-hydrogen) atoms. The van der Waals surface area contributed by atoms with E-state index < -0.39 is 71.2 Å². The van der Waals surface area contributed by atoms with Gasteiger partial charge in [-0.25, -0.2) is 0 Å². The Morgan fingerprint density at radius 3 is 1.42 bits per heavy atom. The summed E-state index contributed by atoms with van der Waals surface area (Å²) < 4.78 is 54.2. The second-order valence-electron chi connectivity index (χ2n) is 18.2. The third-order valence-electron chi connectivity index (χ3n) is 12.0. The van der Waals surface area contributed by atoms with Crippen LogP contribution in [0.3, 0.4) is 0 Å². The maximum atomic E-state index is 12.9. The van der Waals surface area contributed by atoms with E-state index in [4.69, 9.17) is 18.9 Å². The molecule has 4 N–H and O–H groups in total. The van der Waals surface area contributed by atoms with E-state index in [1.54, 1.807) is 0 Å². The molecule has 12 nitrogen and oxygen atoms in total. The molecule has 376 valence electrons. The van der Waals surface area contributed by atoms with Crippen LogP contribution in [0.1, 0.15) is 232 Å². The highest BCUT2D eigenvalue weighted by molar-refractivity contribution is 7.85. The van der Waals surface area contributed by atoms with E-state index in [2.05, 4.69) is 38.2 Å². The molecule has 0 spiro atoms. The van der Waals surface area contributed by atoms with Crippen LogP contribution in [-0.2, 0) is 38.7 Å². The highest BCUT2D eigenvalue weighted by atomic mass is 32.2. The van der Waals surface area contributed by atoms with Crippen LogP contribution in [0.25, 0.3) is 0 Å². The first kappa shape index (κ1) is 60.1. The predicted octanol–water partition coefficient (Wildman–Crippen LogP) is 11.6. The van der Waals surface area contributed by atoms with Crippen LogP contribution in [0.2, 0.25) is 0 Å². The average Bonchev–Trinajstić information content (AvgIpc) is 3.26. The van der Waals surface area contributed by atoms with Gasteiger partial charge in [-0.3, -0.25) is 14.1 Å². The van der Waals surface area contributed by atoms with Crippen LogP contribution in [-0.4, -0.2) is 96.0 Å². The minimum Gasteiger partial charge on any atom is -0.462 e. The number of esters is 2. The molecule has 1 rings (SSSR count). The van der Waals surface area contributed by atoms with Gasteiger partial charge in [-0.15, -0.1) is 0 Å². The standard InChI is InChI=1S/C51H94O12S/c1-3-5-7-9-11-13-15-17-19-20-21-22-23-24-25-26-28-30-32-34-36-38-40-47(53)62-44(42-61-51-50(56)49(55)48(54)45(63-51)43-64(57,58)59)41-60-46(52)39-37-35-33-31-29-27-18-16-14-12-10-8-6-4-2/h10,12,16,18,44-45,48-51,54-56H,3-9,11,13-15,17,19-43H2,1-2H3,(H,57,58,59)/b12-10+,18-16+/t44-,45-,48-,49?,50?,51+/m1/s1. The first-order valence-electron chi connectivity index (χ1n) is 25.9. The first-order chi connectivity index (χ1) is 31.0. The van der Waals surface area contributed by atoms with Crippen molar-refractivity contribution in [3.8, 4) is 0 Å². The lowest BCUT2D eigenvalue weighted by Crippen LogP contribution is -2.60. The van der Waals surface area contributed by atoms with Gasteiger partial charge in [0.15, 0.2) is 12.4 Å². The van der Waals surface area contributed by atoms with Crippen molar-refractivity contribution in [1.82, 2.24) is 0 Å². The Morgan fingerprint density at radius 1 is 0.531 bits per heavy atom. The van der Waals surface area contributed by atoms with Gasteiger partial charge in [-0.05, 0) is 38.5 Å². The minimum atomic E-state index is -4.60. The summed E-state index contributed by atoms with van der Waals surface area (Å²) >= 11 is 0. The van der Waals surface area contributed by atoms with E-state index in [0.29, 0.717) is 12.8 Å². The highest BCUT2D eigenvalue weighted by Gasteiger charge is 2.46. The molecular weight excluding hydrogens is 837 g/mol. The van der Waals surface area contributed by atoms with Crippen LogP contribution in [0.15, 0.2) is 24.3 Å². The van der Waals surface area contributed by atoms with Crippen molar-refractivity contribution in [2.24, 2.45) is 0 Å². The molecule has 0 aromatic carbocycles. The number of ether oxygens (including phenoxy) is 4. The van der Waals surface area contributed by atoms with E-state index in [1.165, 1.54) is 128 Å². The van der Waals surface area contributed by atoms with Gasteiger partial charge >= 0.3 is 11.9 Å². The highest BCUT2D eigenvalue weighted by Crippen LogP contribution is 2.24. The number of carbonyl (C=O) groups excluding carboxylic acids is 2. The molecule has 0 saturated carbocycles. The monoisotopic (exact) mass is 931 g/mol. The van der Waals surface area contributed by atoms with Crippen LogP contribution in [0.5, 0.6) is 0 Å². The van der Waals surface area contributed by atoms with Crippen molar-refractivity contribution < 1.29 is 56.8 Å². The molecule has 13 heteroatoms. The van der Waals surface area contributed by atoms with Gasteiger partial charge in [0.1, 0.15) is 36.8 Å². The fraction of sp³-hybridized carbons (Fsp3) is 0.882. The van der Waals surface area contributed by atoms with E-state index >= 15 is 0 Å². The van der Waals surface area contributed by atoms with Gasteiger partial charge in [0.05, 0.1) is 6.61 Å². The number of rotatable bonds is 44. The van der Waals surface area contributed by atoms with Crippen LogP contribution in [0.4, 0.5) is 0 Å². The molecular formula is C51H94O12S. The van der Waals surface area contributed by atoms with Gasteiger partial charge in [0.2, 0.25) is 0 Å². The summed E-state index contributed by atoms with van der Waals surface area (Å²) in [6.07, 6.45) is 37.9. The molecule has 0 amide bonds. The Hall–Kier alpha value is -1.87. The van der Waals surface area contributed by atoms with Gasteiger partial charge in [0.25, 0.3) is 10.1 Å². The molecule has 0 aliphatic carbocycles. The van der Waals surface area contributed by atoms with Gasteiger partial charge in [-0.2, -0.15) is 8.42 Å². The predicted molar refractivity (Wildman–Crippen MR) is 256 cm³/mol. The molecule has 1 heterocycles. The van der Waals surface area contributed by atoms with Crippen LogP contribution >= 0.6 is 0 Å². The average molecular weight is 931 g/mol. The van der Waals surface area contributed by atoms with E-state index in [-0.39, 0.29) is 19.4 Å². The zero-order valence-electron chi connectivity index (χ0n) is 40.4. The summed E-state index contributed by atoms with van der Waals surface area (Å²) in [4.78, 5) is 25.5. The SMILES string of the molecule is CCCC/C=C/C/C=C/CCCCCCCC(=O)OC[C@H](CO[C@H]1O[C@H](CS(=O)(=O)O)[C@@H](O)C(O)C1O)OC(=O)CCCCCCCCCCCCCCCCCCCCCCCC. The summed E-state index contributed by atoms with van der Waals surface area (Å²) in [6, 6.07) is 0. The van der Waals surface area contributed by atoms with Gasteiger partial charge in [-0.1, -0.05) is 205 Å². The van der Waals surface area contributed by atoms with Crippen molar-refractivity contribution in [3.63, 3.8) is 0 Å². The number of aliphatic hydroxyl groups is 3. The van der Waals surface area contributed by atoms with Gasteiger partial charge < -0.3 is 34.3 Å². The van der Waals surface area contributed by atoms with Crippen molar-refractivity contribution in [2.75, 3.05) is 19.0 Å². The molecule has 1 aliphatic rings. The van der Waals surface area contributed by atoms with Crippen LogP contribution in [0, 0.1) is 0 Å². The summed E-state index contributed by atoms with van der Waals surface area (Å²) in [5.41, 5.74) is 0. The summed E-state index contributed by atoms with van der Waals surface area (Å²) in [5, 5.41) is 31.0. The largest absolute Gasteiger partial charge is 0.462 e. The number of hydrogen-bond acceptors (Lipinski definition) is 11. The summed E-state index contributed by atoms with van der Waals surface area (Å²) in [7, 11) is -4.60. The number of allylic oxidation sites excluding steroid dienone is 4. The van der Waals surface area contributed by atoms with Crippen LogP contribution < -0.4 is 0 Å². The topological polar surface area (TPSA) is 186 Å². The van der Waals surface area contributed by atoms with Crippen molar-refractivity contribution in [1.29, 1.82) is 0 Å². The third kappa shape index (κ3) is 35.3. The zero-order valence-corrected chi connectivity index (χ0v) is 41.2. The molecule has 6 atom stereocenters. The van der Waals surface area contributed by atoms with Gasteiger partial charge in [0, 0.05) is 12.8 Å². The van der Waals surface area contributed by atoms with Crippen molar-refractivity contribution in [2.45, 2.75) is 269 Å². The molecule has 0 aromatic heterocycles. The Morgan fingerprint density at radius 2 is 0.953 bits per heavy atom. The second kappa shape index (κ2) is 41.3. The fourth-order valence-electron chi connectivity index (χ4n) is 7.99. The van der Waals surface area contributed by atoms with E-state index in [1.807, 2.05) is 0 Å². The Balaban J connectivity index is 2.34. The zero-order chi connectivity index (χ0) is 46.9. The Kier molecular flexibility index (Phi) is 38.8. The molecule has 2 unspecified atom stereocenters. The fourth-order valence-corrected chi connectivity index (χ4v) is 8.68. The summed E-state index contributed by atoms with van der Waals surface area (Å²) in [6.45, 7) is 3.74. The lowest BCUT2D eigenvalue weighted by molar-refractivity contribution is -0.297. The molecule has 1 saturated heterocycles. The number of carbonyl (C=O) groups is 2. The molecule has 1 aliphatic heterocycles. The second-order valence-corrected chi connectivity index (χ2v) is 19.7. The number of unbranched alkanes of at least 4 members (excludes halogenated alkanes) is 28. The maximum absolute atomic E-state index is 12.9. The summed E-state index contributed by atoms with van der Waals surface area (Å²) in [5.74, 6) is -1.99. The van der Waals surface area contributed by atoms with Crippen molar-refractivity contribution >= 4 is 22.1 Å². The minimum absolute atomic E-state index is 0.166. The molecule has 0 radical (unpaired) electrons. The quantitative estimate of drug-likeness (QED) is 0.0196. The van der Waals surface area contributed by atoms with Crippen molar-refractivity contribution in [3.05, 3.63) is 24.3 Å². The normalized spacial score (nSPS) is 19.8. The number of aliphatic hydroxyl groups excluding tert-OH is 3.